The molecule has 0 aliphatic heterocycles. The topological polar surface area (TPSA) is 22.1 Å². The number of ether oxygens (including phenoxy) is 1. The SMILES string of the molecule is FCOc1ncccc1Br. The predicted molar refractivity (Wildman–Crippen MR) is 38.5 cm³/mol. The molecule has 0 aliphatic rings. The van der Waals surface area contributed by atoms with Crippen molar-refractivity contribution in [3.8, 4) is 5.88 Å². The summed E-state index contributed by atoms with van der Waals surface area (Å²) in [5.41, 5.74) is 0. The Morgan fingerprint density at radius 3 is 3.10 bits per heavy atom. The first-order chi connectivity index (χ1) is 4.84. The third-order valence-corrected chi connectivity index (χ3v) is 1.52. The molecule has 1 rings (SSSR count). The fraction of sp³-hybridized carbons (Fsp3) is 0.167. The Morgan fingerprint density at radius 1 is 1.70 bits per heavy atom. The summed E-state index contributed by atoms with van der Waals surface area (Å²) >= 11 is 3.14. The van der Waals surface area contributed by atoms with E-state index in [1.807, 2.05) is 0 Å². The van der Waals surface area contributed by atoms with Gasteiger partial charge >= 0.3 is 0 Å². The van der Waals surface area contributed by atoms with Crippen LogP contribution in [0.3, 0.4) is 0 Å². The zero-order valence-corrected chi connectivity index (χ0v) is 6.64. The molecule has 0 atom stereocenters. The standard InChI is InChI=1S/C6H5BrFNO/c7-5-2-1-3-9-6(5)10-4-8/h1-3H,4H2. The quantitative estimate of drug-likeness (QED) is 0.739. The van der Waals surface area contributed by atoms with Crippen LogP contribution >= 0.6 is 15.9 Å². The van der Waals surface area contributed by atoms with Crippen molar-refractivity contribution in [2.45, 2.75) is 0 Å². The number of alkyl halides is 1. The molecule has 54 valence electrons. The Hall–Kier alpha value is -0.640. The van der Waals surface area contributed by atoms with Gasteiger partial charge in [-0.3, -0.25) is 0 Å². The lowest BCUT2D eigenvalue weighted by molar-refractivity contribution is 0.183. The first-order valence-corrected chi connectivity index (χ1v) is 3.43. The van der Waals surface area contributed by atoms with Crippen molar-refractivity contribution in [2.75, 3.05) is 6.86 Å². The molecule has 0 saturated heterocycles. The molecule has 1 aromatic rings. The number of pyridine rings is 1. The maximum Gasteiger partial charge on any atom is 0.230 e. The van der Waals surface area contributed by atoms with Crippen molar-refractivity contribution in [1.29, 1.82) is 0 Å². The Kier molecular flexibility index (Phi) is 2.62. The van der Waals surface area contributed by atoms with E-state index < -0.39 is 6.86 Å². The molecule has 0 aliphatic carbocycles. The van der Waals surface area contributed by atoms with Crippen LogP contribution in [0.5, 0.6) is 5.88 Å². The van der Waals surface area contributed by atoms with Gasteiger partial charge in [-0.15, -0.1) is 0 Å². The third kappa shape index (κ3) is 1.67. The molecule has 0 radical (unpaired) electrons. The molecular weight excluding hydrogens is 201 g/mol. The number of hydrogen-bond acceptors (Lipinski definition) is 2. The number of nitrogens with zero attached hydrogens (tertiary/aromatic N) is 1. The largest absolute Gasteiger partial charge is 0.445 e. The molecule has 0 N–H and O–H groups in total. The van der Waals surface area contributed by atoms with Gasteiger partial charge in [0.15, 0.2) is 0 Å². The third-order valence-electron chi connectivity index (χ3n) is 0.916. The summed E-state index contributed by atoms with van der Waals surface area (Å²) in [6.07, 6.45) is 1.54. The molecule has 0 saturated carbocycles. The molecule has 1 heterocycles. The minimum absolute atomic E-state index is 0.282. The maximum absolute atomic E-state index is 11.6. The van der Waals surface area contributed by atoms with E-state index in [4.69, 9.17) is 0 Å². The second-order valence-corrected chi connectivity index (χ2v) is 2.40. The highest BCUT2D eigenvalue weighted by molar-refractivity contribution is 9.10. The Labute approximate surface area is 66.2 Å². The predicted octanol–water partition coefficient (Wildman–Crippen LogP) is 2.15. The van der Waals surface area contributed by atoms with Crippen LogP contribution < -0.4 is 4.74 Å². The first kappa shape index (κ1) is 7.47. The van der Waals surface area contributed by atoms with E-state index in [9.17, 15) is 4.39 Å². The van der Waals surface area contributed by atoms with Gasteiger partial charge in [-0.2, -0.15) is 0 Å². The van der Waals surface area contributed by atoms with E-state index in [0.717, 1.165) is 0 Å². The molecule has 0 amide bonds. The van der Waals surface area contributed by atoms with Gasteiger partial charge in [-0.05, 0) is 28.1 Å². The van der Waals surface area contributed by atoms with Crippen LogP contribution in [0, 0.1) is 0 Å². The highest BCUT2D eigenvalue weighted by atomic mass is 79.9. The maximum atomic E-state index is 11.6. The first-order valence-electron chi connectivity index (χ1n) is 2.64. The molecule has 10 heavy (non-hydrogen) atoms. The van der Waals surface area contributed by atoms with Crippen molar-refractivity contribution >= 4 is 15.9 Å². The summed E-state index contributed by atoms with van der Waals surface area (Å²) in [6.45, 7) is -0.852. The van der Waals surface area contributed by atoms with Gasteiger partial charge in [0.2, 0.25) is 12.7 Å². The van der Waals surface area contributed by atoms with Crippen molar-refractivity contribution in [3.63, 3.8) is 0 Å². The minimum atomic E-state index is -0.852. The molecule has 4 heteroatoms. The number of hydrogen-bond donors (Lipinski definition) is 0. The van der Waals surface area contributed by atoms with Crippen molar-refractivity contribution in [2.24, 2.45) is 0 Å². The number of aromatic nitrogens is 1. The Balaban J connectivity index is 2.81. The van der Waals surface area contributed by atoms with E-state index in [1.165, 1.54) is 6.20 Å². The zero-order valence-electron chi connectivity index (χ0n) is 5.05. The normalized spacial score (nSPS) is 9.40. The molecule has 0 fully saturated rings. The van der Waals surface area contributed by atoms with Gasteiger partial charge in [0.25, 0.3) is 0 Å². The fourth-order valence-corrected chi connectivity index (χ4v) is 0.899. The molecule has 0 bridgehead atoms. The summed E-state index contributed by atoms with van der Waals surface area (Å²) in [6, 6.07) is 3.47. The summed E-state index contributed by atoms with van der Waals surface area (Å²) in [5, 5.41) is 0. The van der Waals surface area contributed by atoms with Crippen molar-refractivity contribution in [1.82, 2.24) is 4.98 Å². The van der Waals surface area contributed by atoms with Gasteiger partial charge < -0.3 is 4.74 Å². The van der Waals surface area contributed by atoms with E-state index >= 15 is 0 Å². The zero-order chi connectivity index (χ0) is 7.40. The van der Waals surface area contributed by atoms with Crippen molar-refractivity contribution in [3.05, 3.63) is 22.8 Å². The van der Waals surface area contributed by atoms with Gasteiger partial charge in [0, 0.05) is 6.20 Å². The fourth-order valence-electron chi connectivity index (χ4n) is 0.529. The molecule has 1 aromatic heterocycles. The monoisotopic (exact) mass is 205 g/mol. The lowest BCUT2D eigenvalue weighted by Gasteiger charge is -1.99. The highest BCUT2D eigenvalue weighted by Gasteiger charge is 1.98. The van der Waals surface area contributed by atoms with Crippen LogP contribution in [0.15, 0.2) is 22.8 Å². The lowest BCUT2D eigenvalue weighted by atomic mass is 10.5. The summed E-state index contributed by atoms with van der Waals surface area (Å²) < 4.78 is 16.7. The Morgan fingerprint density at radius 2 is 2.50 bits per heavy atom. The second kappa shape index (κ2) is 3.51. The van der Waals surface area contributed by atoms with Gasteiger partial charge in [-0.25, -0.2) is 9.37 Å². The van der Waals surface area contributed by atoms with Crippen LogP contribution in [0.4, 0.5) is 4.39 Å². The molecule has 0 unspecified atom stereocenters. The summed E-state index contributed by atoms with van der Waals surface area (Å²) in [7, 11) is 0. The number of rotatable bonds is 2. The van der Waals surface area contributed by atoms with E-state index in [1.54, 1.807) is 12.1 Å². The van der Waals surface area contributed by atoms with E-state index in [0.29, 0.717) is 4.47 Å². The van der Waals surface area contributed by atoms with Crippen LogP contribution in [0.2, 0.25) is 0 Å². The van der Waals surface area contributed by atoms with Crippen LogP contribution in [-0.2, 0) is 0 Å². The summed E-state index contributed by atoms with van der Waals surface area (Å²) in [5.74, 6) is 0.282. The average molecular weight is 206 g/mol. The smallest absolute Gasteiger partial charge is 0.230 e. The number of halogens is 2. The Bertz CT molecular complexity index is 219. The average Bonchev–Trinajstić information content (AvgIpc) is 1.94. The lowest BCUT2D eigenvalue weighted by Crippen LogP contribution is -1.92. The van der Waals surface area contributed by atoms with Gasteiger partial charge in [0.1, 0.15) is 0 Å². The molecular formula is C6H5BrFNO. The van der Waals surface area contributed by atoms with Crippen LogP contribution in [-0.4, -0.2) is 11.8 Å². The molecule has 0 aromatic carbocycles. The highest BCUT2D eigenvalue weighted by Crippen LogP contribution is 2.20. The summed E-state index contributed by atoms with van der Waals surface area (Å²) in [4.78, 5) is 3.76. The second-order valence-electron chi connectivity index (χ2n) is 1.54. The van der Waals surface area contributed by atoms with Gasteiger partial charge in [-0.1, -0.05) is 0 Å². The minimum Gasteiger partial charge on any atom is -0.445 e. The van der Waals surface area contributed by atoms with Crippen LogP contribution in [0.25, 0.3) is 0 Å². The van der Waals surface area contributed by atoms with Crippen LogP contribution in [0.1, 0.15) is 0 Å². The molecule has 0 spiro atoms. The van der Waals surface area contributed by atoms with E-state index in [2.05, 4.69) is 25.7 Å². The van der Waals surface area contributed by atoms with Gasteiger partial charge in [0.05, 0.1) is 4.47 Å². The molecule has 2 nitrogen and oxygen atoms in total. The van der Waals surface area contributed by atoms with Crippen molar-refractivity contribution < 1.29 is 9.13 Å². The van der Waals surface area contributed by atoms with E-state index in [-0.39, 0.29) is 5.88 Å².